The molecular formula is C14H17N5OS. The molecule has 0 bridgehead atoms. The largest absolute Gasteiger partial charge is 0.364 e. The van der Waals surface area contributed by atoms with Crippen molar-refractivity contribution in [3.63, 3.8) is 0 Å². The fourth-order valence-corrected chi connectivity index (χ4v) is 3.03. The van der Waals surface area contributed by atoms with E-state index in [0.717, 1.165) is 33.9 Å². The van der Waals surface area contributed by atoms with Crippen molar-refractivity contribution < 1.29 is 4.52 Å². The molecule has 3 aromatic rings. The van der Waals surface area contributed by atoms with Crippen LogP contribution >= 0.6 is 11.3 Å². The van der Waals surface area contributed by atoms with E-state index in [9.17, 15) is 0 Å². The van der Waals surface area contributed by atoms with Crippen LogP contribution in [-0.4, -0.2) is 22.2 Å². The molecule has 2 N–H and O–H groups in total. The predicted octanol–water partition coefficient (Wildman–Crippen LogP) is 3.20. The fourth-order valence-electron chi connectivity index (χ4n) is 2.07. The number of nitrogens with one attached hydrogen (secondary N) is 2. The minimum atomic E-state index is 0.573. The van der Waals surface area contributed by atoms with Crippen LogP contribution in [0.1, 0.15) is 23.3 Å². The van der Waals surface area contributed by atoms with Gasteiger partial charge < -0.3 is 15.2 Å². The number of rotatable bonds is 5. The van der Waals surface area contributed by atoms with Gasteiger partial charge in [0.15, 0.2) is 0 Å². The van der Waals surface area contributed by atoms with Gasteiger partial charge >= 0.3 is 0 Å². The number of hydrogen-bond acceptors (Lipinski definition) is 7. The summed E-state index contributed by atoms with van der Waals surface area (Å²) >= 11 is 1.70. The maximum atomic E-state index is 5.07. The number of nitrogens with zero attached hydrogens (tertiary/aromatic N) is 3. The molecule has 0 amide bonds. The number of fused-ring (bicyclic) bond motifs is 1. The molecule has 3 rings (SSSR count). The van der Waals surface area contributed by atoms with E-state index in [1.165, 1.54) is 4.88 Å². The minimum Gasteiger partial charge on any atom is -0.364 e. The van der Waals surface area contributed by atoms with Crippen molar-refractivity contribution in [3.05, 3.63) is 28.5 Å². The Morgan fingerprint density at radius 1 is 1.29 bits per heavy atom. The second-order valence-corrected chi connectivity index (χ2v) is 5.83. The average molecular weight is 303 g/mol. The summed E-state index contributed by atoms with van der Waals surface area (Å²) in [4.78, 5) is 11.3. The standard InChI is InChI=1S/C14H17N5OS/c1-4-10-6-11-12(16-7-9-5-8(2)20-19-9)17-14(15-3)18-13(11)21-10/h5-6H,4,7H2,1-3H3,(H2,15,16,17,18). The monoisotopic (exact) mass is 303 g/mol. The summed E-state index contributed by atoms with van der Waals surface area (Å²) in [5, 5.41) is 11.4. The van der Waals surface area contributed by atoms with E-state index in [2.05, 4.69) is 38.7 Å². The molecule has 0 aromatic carbocycles. The first-order valence-corrected chi connectivity index (χ1v) is 7.65. The van der Waals surface area contributed by atoms with Crippen molar-refractivity contribution in [2.75, 3.05) is 17.7 Å². The molecule has 0 aliphatic rings. The van der Waals surface area contributed by atoms with E-state index in [-0.39, 0.29) is 0 Å². The second kappa shape index (κ2) is 5.69. The lowest BCUT2D eigenvalue weighted by molar-refractivity contribution is 0.391. The molecule has 0 aliphatic heterocycles. The molecule has 7 heteroatoms. The Balaban J connectivity index is 1.93. The molecule has 0 aliphatic carbocycles. The maximum Gasteiger partial charge on any atom is 0.225 e. The van der Waals surface area contributed by atoms with Gasteiger partial charge in [-0.05, 0) is 19.4 Å². The van der Waals surface area contributed by atoms with Gasteiger partial charge in [0.05, 0.1) is 11.9 Å². The van der Waals surface area contributed by atoms with E-state index >= 15 is 0 Å². The van der Waals surface area contributed by atoms with Crippen LogP contribution in [0.25, 0.3) is 10.2 Å². The molecule has 0 saturated carbocycles. The van der Waals surface area contributed by atoms with Crippen LogP contribution in [0.2, 0.25) is 0 Å². The number of aryl methyl sites for hydroxylation is 2. The van der Waals surface area contributed by atoms with Crippen molar-refractivity contribution in [2.24, 2.45) is 0 Å². The summed E-state index contributed by atoms with van der Waals surface area (Å²) in [6, 6.07) is 4.06. The summed E-state index contributed by atoms with van der Waals surface area (Å²) in [5.74, 6) is 2.24. The topological polar surface area (TPSA) is 75.9 Å². The van der Waals surface area contributed by atoms with Crippen LogP contribution in [0.3, 0.4) is 0 Å². The van der Waals surface area contributed by atoms with E-state index in [0.29, 0.717) is 12.5 Å². The maximum absolute atomic E-state index is 5.07. The predicted molar refractivity (Wildman–Crippen MR) is 84.9 cm³/mol. The van der Waals surface area contributed by atoms with Gasteiger partial charge in [0, 0.05) is 18.0 Å². The SMILES string of the molecule is CCc1cc2c(NCc3cc(C)on3)nc(NC)nc2s1. The fraction of sp³-hybridized carbons (Fsp3) is 0.357. The first-order chi connectivity index (χ1) is 10.2. The smallest absolute Gasteiger partial charge is 0.225 e. The summed E-state index contributed by atoms with van der Waals surface area (Å²) in [6.07, 6.45) is 0.998. The highest BCUT2D eigenvalue weighted by atomic mass is 32.1. The van der Waals surface area contributed by atoms with E-state index in [4.69, 9.17) is 4.52 Å². The summed E-state index contributed by atoms with van der Waals surface area (Å²) in [5.41, 5.74) is 0.858. The lowest BCUT2D eigenvalue weighted by Crippen LogP contribution is -2.05. The number of anilines is 2. The molecule has 3 aromatic heterocycles. The molecule has 0 saturated heterocycles. The lowest BCUT2D eigenvalue weighted by atomic mass is 10.3. The summed E-state index contributed by atoms with van der Waals surface area (Å²) < 4.78 is 5.07. The highest BCUT2D eigenvalue weighted by Gasteiger charge is 2.11. The van der Waals surface area contributed by atoms with Crippen molar-refractivity contribution in [3.8, 4) is 0 Å². The van der Waals surface area contributed by atoms with Gasteiger partial charge in [-0.2, -0.15) is 4.98 Å². The van der Waals surface area contributed by atoms with Gasteiger partial charge in [0.2, 0.25) is 5.95 Å². The Bertz CT molecular complexity index is 764. The van der Waals surface area contributed by atoms with Crippen LogP contribution in [-0.2, 0) is 13.0 Å². The van der Waals surface area contributed by atoms with Crippen molar-refractivity contribution in [1.82, 2.24) is 15.1 Å². The second-order valence-electron chi connectivity index (χ2n) is 4.71. The van der Waals surface area contributed by atoms with Gasteiger partial charge in [-0.3, -0.25) is 0 Å². The molecule has 6 nitrogen and oxygen atoms in total. The Labute approximate surface area is 126 Å². The first-order valence-electron chi connectivity index (χ1n) is 6.84. The van der Waals surface area contributed by atoms with Crippen molar-refractivity contribution >= 4 is 33.3 Å². The Morgan fingerprint density at radius 3 is 2.81 bits per heavy atom. The van der Waals surface area contributed by atoms with Crippen molar-refractivity contribution in [1.29, 1.82) is 0 Å². The zero-order chi connectivity index (χ0) is 14.8. The van der Waals surface area contributed by atoms with Gasteiger partial charge in [0.1, 0.15) is 22.1 Å². The molecule has 21 heavy (non-hydrogen) atoms. The third kappa shape index (κ3) is 2.82. The van der Waals surface area contributed by atoms with Gasteiger partial charge in [-0.1, -0.05) is 12.1 Å². The van der Waals surface area contributed by atoms with Crippen molar-refractivity contribution in [2.45, 2.75) is 26.8 Å². The van der Waals surface area contributed by atoms with Crippen LogP contribution in [0.5, 0.6) is 0 Å². The third-order valence-electron chi connectivity index (χ3n) is 3.13. The Hall–Kier alpha value is -2.15. The lowest BCUT2D eigenvalue weighted by Gasteiger charge is -2.06. The summed E-state index contributed by atoms with van der Waals surface area (Å²) in [6.45, 7) is 4.59. The van der Waals surface area contributed by atoms with Crippen LogP contribution in [0.15, 0.2) is 16.7 Å². The molecule has 3 heterocycles. The zero-order valence-electron chi connectivity index (χ0n) is 12.2. The molecule has 0 fully saturated rings. The molecular weight excluding hydrogens is 286 g/mol. The first kappa shape index (κ1) is 13.8. The number of thiophene rings is 1. The van der Waals surface area contributed by atoms with Gasteiger partial charge in [-0.15, -0.1) is 11.3 Å². The van der Waals surface area contributed by atoms with E-state index in [1.54, 1.807) is 11.3 Å². The zero-order valence-corrected chi connectivity index (χ0v) is 13.0. The van der Waals surface area contributed by atoms with Gasteiger partial charge in [0.25, 0.3) is 0 Å². The summed E-state index contributed by atoms with van der Waals surface area (Å²) in [7, 11) is 1.82. The molecule has 0 spiro atoms. The highest BCUT2D eigenvalue weighted by Crippen LogP contribution is 2.30. The van der Waals surface area contributed by atoms with Crippen LogP contribution in [0.4, 0.5) is 11.8 Å². The molecule has 0 unspecified atom stereocenters. The van der Waals surface area contributed by atoms with E-state index in [1.807, 2.05) is 20.0 Å². The van der Waals surface area contributed by atoms with E-state index < -0.39 is 0 Å². The Kier molecular flexibility index (Phi) is 3.74. The van der Waals surface area contributed by atoms with Crippen LogP contribution in [0, 0.1) is 6.92 Å². The van der Waals surface area contributed by atoms with Crippen LogP contribution < -0.4 is 10.6 Å². The number of hydrogen-bond donors (Lipinski definition) is 2. The highest BCUT2D eigenvalue weighted by molar-refractivity contribution is 7.18. The average Bonchev–Trinajstić information content (AvgIpc) is 3.10. The minimum absolute atomic E-state index is 0.573. The molecule has 110 valence electrons. The van der Waals surface area contributed by atoms with Gasteiger partial charge in [-0.25, -0.2) is 4.98 Å². The normalized spacial score (nSPS) is 11.0. The quantitative estimate of drug-likeness (QED) is 0.754. The molecule has 0 radical (unpaired) electrons. The number of aromatic nitrogens is 3. The third-order valence-corrected chi connectivity index (χ3v) is 4.30. The Morgan fingerprint density at radius 2 is 2.14 bits per heavy atom. The molecule has 0 atom stereocenters.